The number of halogens is 3. The smallest absolute Gasteiger partial charge is 1.00 e. The summed E-state index contributed by atoms with van der Waals surface area (Å²) in [6.45, 7) is 0. The van der Waals surface area contributed by atoms with Gasteiger partial charge in [-0.1, -0.05) is 127 Å². The number of aliphatic imine (C=N–C) groups is 2. The zero-order valence-electron chi connectivity index (χ0n) is 23.2. The molecule has 0 aliphatic carbocycles. The van der Waals surface area contributed by atoms with Crippen LogP contribution in [-0.4, -0.2) is 16.8 Å². The van der Waals surface area contributed by atoms with Gasteiger partial charge in [-0.15, -0.1) is 0 Å². The number of pyridine rings is 1. The summed E-state index contributed by atoms with van der Waals surface area (Å²) < 4.78 is 13.0. The predicted octanol–water partition coefficient (Wildman–Crippen LogP) is -1.39. The van der Waals surface area contributed by atoms with Crippen molar-refractivity contribution in [3.63, 3.8) is 0 Å². The molecule has 0 bridgehead atoms. The van der Waals surface area contributed by atoms with E-state index in [-0.39, 0.29) is 78.6 Å². The topological polar surface area (TPSA) is 56.1 Å². The quantitative estimate of drug-likeness (QED) is 0.208. The zero-order chi connectivity index (χ0) is 26.7. The van der Waals surface area contributed by atoms with Crippen LogP contribution in [0.15, 0.2) is 150 Å². The summed E-state index contributed by atoms with van der Waals surface area (Å²) in [6, 6.07) is 46.4. The van der Waals surface area contributed by atoms with Gasteiger partial charge in [0.05, 0.1) is 0 Å². The average Bonchev–Trinajstić information content (AvgIpc) is 3.69. The second-order valence-corrected chi connectivity index (χ2v) is 9.89. The number of nitrogens with zero attached hydrogens (tertiary/aromatic N) is 3. The van der Waals surface area contributed by atoms with Crippen LogP contribution in [0.4, 0.5) is 0 Å². The minimum absolute atomic E-state index is 0. The van der Waals surface area contributed by atoms with Crippen LogP contribution < -0.4 is 37.2 Å². The number of ether oxygens (including phenoxy) is 2. The Balaban J connectivity index is 0.00000132. The van der Waals surface area contributed by atoms with Crippen LogP contribution in [0, 0.1) is 0 Å². The molecule has 3 heterocycles. The van der Waals surface area contributed by atoms with Crippen molar-refractivity contribution in [2.45, 2.75) is 24.3 Å². The van der Waals surface area contributed by atoms with E-state index in [1.54, 1.807) is 0 Å². The number of aromatic nitrogens is 1. The second kappa shape index (κ2) is 15.9. The molecule has 0 saturated heterocycles. The molecule has 1 aromatic heterocycles. The summed E-state index contributed by atoms with van der Waals surface area (Å²) >= 11 is 0. The summed E-state index contributed by atoms with van der Waals surface area (Å²) in [5, 5.41) is 0. The Labute approximate surface area is 286 Å². The third-order valence-corrected chi connectivity index (χ3v) is 7.29. The van der Waals surface area contributed by atoms with E-state index in [1.165, 1.54) is 0 Å². The van der Waals surface area contributed by atoms with Gasteiger partial charge in [-0.2, -0.15) is 0 Å². The molecular formula is C35H27Cl3FeN3O2. The van der Waals surface area contributed by atoms with Crippen molar-refractivity contribution in [2.24, 2.45) is 9.98 Å². The van der Waals surface area contributed by atoms with Gasteiger partial charge in [0, 0.05) is 0 Å². The largest absolute Gasteiger partial charge is 3.00 e. The second-order valence-electron chi connectivity index (χ2n) is 9.89. The minimum atomic E-state index is -0.242. The third-order valence-electron chi connectivity index (χ3n) is 7.29. The van der Waals surface area contributed by atoms with E-state index in [2.05, 4.69) is 48.5 Å². The van der Waals surface area contributed by atoms with E-state index < -0.39 is 0 Å². The first kappa shape index (κ1) is 34.8. The Bertz CT molecular complexity index is 1560. The van der Waals surface area contributed by atoms with Crippen LogP contribution in [0.5, 0.6) is 0 Å². The Hall–Kier alpha value is -3.64. The molecule has 1 radical (unpaired) electrons. The Morgan fingerprint density at radius 2 is 0.705 bits per heavy atom. The van der Waals surface area contributed by atoms with Crippen LogP contribution in [-0.2, 0) is 26.5 Å². The van der Waals surface area contributed by atoms with Crippen molar-refractivity contribution in [2.75, 3.05) is 0 Å². The fourth-order valence-electron chi connectivity index (χ4n) is 5.33. The molecular weight excluding hydrogens is 657 g/mol. The van der Waals surface area contributed by atoms with Gasteiger partial charge in [-0.3, -0.25) is 0 Å². The van der Waals surface area contributed by atoms with Crippen LogP contribution in [0.3, 0.4) is 0 Å². The number of benzene rings is 4. The maximum atomic E-state index is 6.51. The molecule has 9 heteroatoms. The SMILES string of the molecule is [Cl-].[Cl-].[Cl-].[Fe+3].c1ccc(C2N=C(c3cccc(C4=NC(c5ccccc5)C(c5ccccc5)O4)n3)OC2c2ccccc2)cc1. The predicted molar refractivity (Wildman–Crippen MR) is 156 cm³/mol. The normalized spacial score (nSPS) is 19.7. The van der Waals surface area contributed by atoms with Crippen molar-refractivity contribution >= 4 is 11.8 Å². The molecule has 0 amide bonds. The fourth-order valence-corrected chi connectivity index (χ4v) is 5.33. The van der Waals surface area contributed by atoms with Gasteiger partial charge in [0.2, 0.25) is 11.8 Å². The molecule has 4 atom stereocenters. The van der Waals surface area contributed by atoms with Gasteiger partial charge in [0.15, 0.2) is 12.2 Å². The van der Waals surface area contributed by atoms with E-state index in [1.807, 2.05) is 91.0 Å². The molecule has 4 aromatic carbocycles. The standard InChI is InChI=1S/C35H27N3O2.3ClH.Fe/c1-5-14-24(15-6-1)30-32(26-18-9-3-10-19-26)39-34(37-30)28-22-13-23-29(36-28)35-38-31(25-16-7-2-8-17-25)33(40-35)27-20-11-4-12-21-27;;;;/h1-23,30-33H;3*1H;/q;;;;+3/p-3. The summed E-state index contributed by atoms with van der Waals surface area (Å²) in [5.74, 6) is 1.03. The molecule has 7 rings (SSSR count). The maximum absolute atomic E-state index is 6.51. The first-order valence-corrected chi connectivity index (χ1v) is 13.5. The maximum Gasteiger partial charge on any atom is 3.00 e. The van der Waals surface area contributed by atoms with Crippen LogP contribution in [0.2, 0.25) is 0 Å². The molecule has 2 aliphatic heterocycles. The van der Waals surface area contributed by atoms with Gasteiger partial charge in [0.1, 0.15) is 23.5 Å². The van der Waals surface area contributed by atoms with E-state index in [0.717, 1.165) is 22.3 Å². The summed E-state index contributed by atoms with van der Waals surface area (Å²) in [6.07, 6.45) is -0.483. The summed E-state index contributed by atoms with van der Waals surface area (Å²) in [7, 11) is 0. The van der Waals surface area contributed by atoms with Gasteiger partial charge in [-0.25, -0.2) is 15.0 Å². The number of hydrogen-bond donors (Lipinski definition) is 0. The molecule has 0 N–H and O–H groups in total. The molecule has 5 nitrogen and oxygen atoms in total. The molecule has 4 unspecified atom stereocenters. The van der Waals surface area contributed by atoms with Crippen LogP contribution >= 0.6 is 0 Å². The monoisotopic (exact) mass is 682 g/mol. The zero-order valence-corrected chi connectivity index (χ0v) is 26.6. The Morgan fingerprint density at radius 3 is 1.05 bits per heavy atom. The molecule has 5 aromatic rings. The van der Waals surface area contributed by atoms with Crippen molar-refractivity contribution in [1.82, 2.24) is 4.98 Å². The minimum Gasteiger partial charge on any atom is -1.00 e. The van der Waals surface area contributed by atoms with Gasteiger partial charge in [0.25, 0.3) is 0 Å². The van der Waals surface area contributed by atoms with Crippen molar-refractivity contribution in [3.8, 4) is 0 Å². The van der Waals surface area contributed by atoms with E-state index in [0.29, 0.717) is 23.2 Å². The summed E-state index contributed by atoms with van der Waals surface area (Å²) in [5.41, 5.74) is 5.66. The van der Waals surface area contributed by atoms with Gasteiger partial charge >= 0.3 is 17.1 Å². The van der Waals surface area contributed by atoms with Crippen LogP contribution in [0.25, 0.3) is 0 Å². The van der Waals surface area contributed by atoms with Crippen molar-refractivity contribution in [3.05, 3.63) is 173 Å². The first-order valence-electron chi connectivity index (χ1n) is 13.5. The molecule has 223 valence electrons. The molecule has 44 heavy (non-hydrogen) atoms. The molecule has 2 aliphatic rings. The number of hydrogen-bond acceptors (Lipinski definition) is 5. The van der Waals surface area contributed by atoms with E-state index in [9.17, 15) is 0 Å². The first-order chi connectivity index (χ1) is 19.8. The van der Waals surface area contributed by atoms with E-state index >= 15 is 0 Å². The Kier molecular flexibility index (Phi) is 12.6. The third kappa shape index (κ3) is 7.18. The fraction of sp³-hybridized carbons (Fsp3) is 0.114. The average molecular weight is 684 g/mol. The molecule has 0 saturated carbocycles. The van der Waals surface area contributed by atoms with E-state index in [4.69, 9.17) is 24.4 Å². The molecule has 0 spiro atoms. The Morgan fingerprint density at radius 1 is 0.386 bits per heavy atom. The number of rotatable bonds is 6. The van der Waals surface area contributed by atoms with Gasteiger partial charge < -0.3 is 46.7 Å². The van der Waals surface area contributed by atoms with Crippen molar-refractivity contribution in [1.29, 1.82) is 0 Å². The van der Waals surface area contributed by atoms with Crippen LogP contribution in [0.1, 0.15) is 57.9 Å². The summed E-state index contributed by atoms with van der Waals surface area (Å²) in [4.78, 5) is 15.0. The van der Waals surface area contributed by atoms with Gasteiger partial charge in [-0.05, 0) is 34.4 Å². The van der Waals surface area contributed by atoms with Crippen molar-refractivity contribution < 1.29 is 63.8 Å². The molecule has 0 fully saturated rings.